The molecule has 0 heterocycles. The molecule has 0 amide bonds. The van der Waals surface area contributed by atoms with E-state index in [0.29, 0.717) is 5.75 Å². The van der Waals surface area contributed by atoms with Crippen LogP contribution in [0.15, 0.2) is 24.3 Å². The van der Waals surface area contributed by atoms with Gasteiger partial charge in [-0.1, -0.05) is 6.07 Å². The molecule has 84 valence electrons. The second-order valence-corrected chi connectivity index (χ2v) is 3.10. The third kappa shape index (κ3) is 4.18. The van der Waals surface area contributed by atoms with E-state index in [-0.39, 0.29) is 13.2 Å². The maximum Gasteiger partial charge on any atom is 0.123 e. The summed E-state index contributed by atoms with van der Waals surface area (Å²) in [7, 11) is 3.13. The summed E-state index contributed by atoms with van der Waals surface area (Å²) < 4.78 is 15.2. The summed E-state index contributed by atoms with van der Waals surface area (Å²) in [5.41, 5.74) is 0. The molecule has 0 radical (unpaired) electrons. The summed E-state index contributed by atoms with van der Waals surface area (Å²) in [4.78, 5) is 0. The molecular weight excluding hydrogens is 196 g/mol. The number of hydrogen-bond donors (Lipinski definition) is 1. The van der Waals surface area contributed by atoms with Crippen LogP contribution in [0.2, 0.25) is 0 Å². The van der Waals surface area contributed by atoms with Gasteiger partial charge >= 0.3 is 0 Å². The van der Waals surface area contributed by atoms with Crippen molar-refractivity contribution in [3.63, 3.8) is 0 Å². The summed E-state index contributed by atoms with van der Waals surface area (Å²) in [6.45, 7) is 0.477. The fourth-order valence-corrected chi connectivity index (χ4v) is 1.12. The van der Waals surface area contributed by atoms with E-state index in [0.717, 1.165) is 5.75 Å². The maximum atomic E-state index is 9.36. The fraction of sp³-hybridized carbons (Fsp3) is 0.455. The molecule has 1 aromatic carbocycles. The van der Waals surface area contributed by atoms with Crippen LogP contribution in [0.5, 0.6) is 11.5 Å². The molecule has 4 nitrogen and oxygen atoms in total. The van der Waals surface area contributed by atoms with Gasteiger partial charge < -0.3 is 19.3 Å². The van der Waals surface area contributed by atoms with Gasteiger partial charge in [-0.15, -0.1) is 0 Å². The number of methoxy groups -OCH3 is 2. The van der Waals surface area contributed by atoms with Crippen molar-refractivity contribution >= 4 is 0 Å². The van der Waals surface area contributed by atoms with Gasteiger partial charge in [-0.2, -0.15) is 0 Å². The molecule has 0 bridgehead atoms. The standard InChI is InChI=1S/C11H16O4/c1-13-7-9(12)8-15-11-5-3-4-10(6-11)14-2/h3-6,9,12H,7-8H2,1-2H3. The first-order valence-electron chi connectivity index (χ1n) is 4.70. The maximum absolute atomic E-state index is 9.36. The Kier molecular flexibility index (Phi) is 4.93. The lowest BCUT2D eigenvalue weighted by Crippen LogP contribution is -2.22. The van der Waals surface area contributed by atoms with Crippen molar-refractivity contribution in [1.29, 1.82) is 0 Å². The number of hydrogen-bond acceptors (Lipinski definition) is 4. The first-order chi connectivity index (χ1) is 7.26. The molecule has 0 aliphatic rings. The summed E-state index contributed by atoms with van der Waals surface area (Å²) in [5.74, 6) is 1.40. The van der Waals surface area contributed by atoms with Crippen molar-refractivity contribution in [1.82, 2.24) is 0 Å². The second-order valence-electron chi connectivity index (χ2n) is 3.10. The zero-order valence-electron chi connectivity index (χ0n) is 8.97. The second kappa shape index (κ2) is 6.27. The predicted molar refractivity (Wildman–Crippen MR) is 56.4 cm³/mol. The van der Waals surface area contributed by atoms with Crippen molar-refractivity contribution in [2.24, 2.45) is 0 Å². The fourth-order valence-electron chi connectivity index (χ4n) is 1.12. The summed E-state index contributed by atoms with van der Waals surface area (Å²) >= 11 is 0. The zero-order chi connectivity index (χ0) is 11.1. The van der Waals surface area contributed by atoms with E-state index in [4.69, 9.17) is 14.2 Å². The van der Waals surface area contributed by atoms with Crippen LogP contribution >= 0.6 is 0 Å². The van der Waals surface area contributed by atoms with E-state index in [1.165, 1.54) is 7.11 Å². The number of aliphatic hydroxyl groups is 1. The molecule has 0 aromatic heterocycles. The third-order valence-corrected chi connectivity index (χ3v) is 1.84. The van der Waals surface area contributed by atoms with Gasteiger partial charge in [-0.05, 0) is 12.1 Å². The Balaban J connectivity index is 2.43. The summed E-state index contributed by atoms with van der Waals surface area (Å²) in [6.07, 6.45) is -0.610. The Bertz CT molecular complexity index is 288. The van der Waals surface area contributed by atoms with Gasteiger partial charge in [0.15, 0.2) is 0 Å². The Labute approximate surface area is 89.4 Å². The highest BCUT2D eigenvalue weighted by Crippen LogP contribution is 2.18. The molecule has 0 saturated heterocycles. The molecule has 0 fully saturated rings. The van der Waals surface area contributed by atoms with Crippen molar-refractivity contribution in [2.45, 2.75) is 6.10 Å². The molecule has 1 unspecified atom stereocenters. The van der Waals surface area contributed by atoms with E-state index in [1.807, 2.05) is 18.2 Å². The Morgan fingerprint density at radius 2 is 1.93 bits per heavy atom. The monoisotopic (exact) mass is 212 g/mol. The topological polar surface area (TPSA) is 47.9 Å². The van der Waals surface area contributed by atoms with Crippen molar-refractivity contribution in [3.8, 4) is 11.5 Å². The molecule has 0 saturated carbocycles. The lowest BCUT2D eigenvalue weighted by atomic mass is 10.3. The minimum atomic E-state index is -0.610. The molecule has 1 aromatic rings. The number of benzene rings is 1. The van der Waals surface area contributed by atoms with Crippen LogP contribution in [-0.4, -0.2) is 38.6 Å². The quantitative estimate of drug-likeness (QED) is 0.766. The molecule has 4 heteroatoms. The SMILES string of the molecule is COCC(O)COc1cccc(OC)c1. The summed E-state index contributed by atoms with van der Waals surface area (Å²) in [6, 6.07) is 7.23. The number of ether oxygens (including phenoxy) is 3. The average Bonchev–Trinajstić information content (AvgIpc) is 2.27. The predicted octanol–water partition coefficient (Wildman–Crippen LogP) is 1.08. The minimum Gasteiger partial charge on any atom is -0.497 e. The van der Waals surface area contributed by atoms with Crippen molar-refractivity contribution in [3.05, 3.63) is 24.3 Å². The Hall–Kier alpha value is -1.26. The van der Waals surface area contributed by atoms with Gasteiger partial charge in [0.2, 0.25) is 0 Å². The van der Waals surface area contributed by atoms with Crippen LogP contribution in [0.4, 0.5) is 0 Å². The van der Waals surface area contributed by atoms with Gasteiger partial charge in [0.1, 0.15) is 24.2 Å². The molecule has 1 N–H and O–H groups in total. The lowest BCUT2D eigenvalue weighted by Gasteiger charge is -2.11. The smallest absolute Gasteiger partial charge is 0.123 e. The first-order valence-corrected chi connectivity index (χ1v) is 4.70. The largest absolute Gasteiger partial charge is 0.497 e. The number of aliphatic hydroxyl groups excluding tert-OH is 1. The van der Waals surface area contributed by atoms with E-state index in [1.54, 1.807) is 13.2 Å². The van der Waals surface area contributed by atoms with Crippen LogP contribution in [0.3, 0.4) is 0 Å². The average molecular weight is 212 g/mol. The van der Waals surface area contributed by atoms with Gasteiger partial charge in [-0.25, -0.2) is 0 Å². The van der Waals surface area contributed by atoms with Gasteiger partial charge in [0.05, 0.1) is 13.7 Å². The van der Waals surface area contributed by atoms with Gasteiger partial charge in [-0.3, -0.25) is 0 Å². The van der Waals surface area contributed by atoms with E-state index in [9.17, 15) is 5.11 Å². The van der Waals surface area contributed by atoms with Crippen molar-refractivity contribution < 1.29 is 19.3 Å². The molecule has 1 rings (SSSR count). The zero-order valence-corrected chi connectivity index (χ0v) is 8.97. The Morgan fingerprint density at radius 3 is 2.60 bits per heavy atom. The highest BCUT2D eigenvalue weighted by atomic mass is 16.5. The van der Waals surface area contributed by atoms with Crippen LogP contribution in [0.1, 0.15) is 0 Å². The molecule has 0 aliphatic carbocycles. The first kappa shape index (κ1) is 11.8. The molecule has 0 spiro atoms. The molecule has 0 aliphatic heterocycles. The molecular formula is C11H16O4. The van der Waals surface area contributed by atoms with Crippen LogP contribution in [-0.2, 0) is 4.74 Å². The van der Waals surface area contributed by atoms with Crippen LogP contribution in [0.25, 0.3) is 0 Å². The lowest BCUT2D eigenvalue weighted by molar-refractivity contribution is 0.0325. The molecule has 1 atom stereocenters. The van der Waals surface area contributed by atoms with Crippen molar-refractivity contribution in [2.75, 3.05) is 27.4 Å². The highest BCUT2D eigenvalue weighted by molar-refractivity contribution is 5.32. The van der Waals surface area contributed by atoms with Crippen LogP contribution < -0.4 is 9.47 Å². The molecule has 15 heavy (non-hydrogen) atoms. The van der Waals surface area contributed by atoms with Crippen LogP contribution in [0, 0.1) is 0 Å². The number of rotatable bonds is 6. The normalized spacial score (nSPS) is 12.2. The van der Waals surface area contributed by atoms with E-state index >= 15 is 0 Å². The van der Waals surface area contributed by atoms with E-state index in [2.05, 4.69) is 0 Å². The Morgan fingerprint density at radius 1 is 1.20 bits per heavy atom. The minimum absolute atomic E-state index is 0.209. The third-order valence-electron chi connectivity index (χ3n) is 1.84. The van der Waals surface area contributed by atoms with Gasteiger partial charge in [0, 0.05) is 13.2 Å². The summed E-state index contributed by atoms with van der Waals surface area (Å²) in [5, 5.41) is 9.36. The highest BCUT2D eigenvalue weighted by Gasteiger charge is 2.04. The van der Waals surface area contributed by atoms with Gasteiger partial charge in [0.25, 0.3) is 0 Å². The van der Waals surface area contributed by atoms with E-state index < -0.39 is 6.10 Å².